The highest BCUT2D eigenvalue weighted by atomic mass is 15.2. The fraction of sp³-hybridized carbons (Fsp3) is 0.438. The van der Waals surface area contributed by atoms with Crippen molar-refractivity contribution >= 4 is 5.69 Å². The Morgan fingerprint density at radius 3 is 2.95 bits per heavy atom. The Kier molecular flexibility index (Phi) is 3.74. The molecule has 0 fully saturated rings. The lowest BCUT2D eigenvalue weighted by atomic mass is 9.96. The lowest BCUT2D eigenvalue weighted by Gasteiger charge is -2.36. The van der Waals surface area contributed by atoms with Crippen LogP contribution in [0.15, 0.2) is 36.7 Å². The average Bonchev–Trinajstić information content (AvgIpc) is 2.87. The van der Waals surface area contributed by atoms with Crippen molar-refractivity contribution in [3.8, 4) is 0 Å². The van der Waals surface area contributed by atoms with E-state index in [-0.39, 0.29) is 0 Å². The molecule has 1 aliphatic heterocycles. The van der Waals surface area contributed by atoms with E-state index in [1.54, 1.807) is 0 Å². The first-order valence-electron chi connectivity index (χ1n) is 7.32. The fourth-order valence-electron chi connectivity index (χ4n) is 3.03. The Hall–Kier alpha value is -1.81. The molecule has 1 unspecified atom stereocenters. The molecule has 0 amide bonds. The van der Waals surface area contributed by atoms with Crippen LogP contribution in [0.25, 0.3) is 0 Å². The summed E-state index contributed by atoms with van der Waals surface area (Å²) in [5.74, 6) is 0. The molecule has 0 spiro atoms. The zero-order valence-electron chi connectivity index (χ0n) is 12.2. The summed E-state index contributed by atoms with van der Waals surface area (Å²) >= 11 is 0. The molecular formula is C16H22N4. The Bertz CT molecular complexity index is 575. The maximum atomic E-state index is 4.26. The molecular weight excluding hydrogens is 248 g/mol. The zero-order valence-corrected chi connectivity index (χ0v) is 12.2. The molecule has 2 heterocycles. The molecule has 1 aromatic heterocycles. The van der Waals surface area contributed by atoms with Crippen LogP contribution in [0.4, 0.5) is 5.69 Å². The molecule has 0 radical (unpaired) electrons. The molecule has 0 aliphatic carbocycles. The minimum atomic E-state index is 0.487. The smallest absolute Gasteiger partial charge is 0.0539 e. The summed E-state index contributed by atoms with van der Waals surface area (Å²) in [7, 11) is 1.97. The monoisotopic (exact) mass is 270 g/mol. The lowest BCUT2D eigenvalue weighted by molar-refractivity contribution is 0.489. The van der Waals surface area contributed by atoms with Gasteiger partial charge in [-0.2, -0.15) is 5.10 Å². The lowest BCUT2D eigenvalue weighted by Crippen LogP contribution is -2.35. The summed E-state index contributed by atoms with van der Waals surface area (Å²) in [5, 5.41) is 7.85. The van der Waals surface area contributed by atoms with E-state index >= 15 is 0 Å². The maximum Gasteiger partial charge on any atom is 0.0539 e. The number of rotatable bonds is 4. The second kappa shape index (κ2) is 5.67. The third-order valence-electron chi connectivity index (χ3n) is 3.92. The number of hydrogen-bond donors (Lipinski definition) is 1. The molecule has 0 saturated carbocycles. The van der Waals surface area contributed by atoms with Gasteiger partial charge in [0.1, 0.15) is 0 Å². The first-order chi connectivity index (χ1) is 9.78. The van der Waals surface area contributed by atoms with Gasteiger partial charge in [0, 0.05) is 43.6 Å². The molecule has 1 aliphatic rings. The van der Waals surface area contributed by atoms with E-state index in [0.29, 0.717) is 6.04 Å². The van der Waals surface area contributed by atoms with Gasteiger partial charge in [0.05, 0.1) is 6.20 Å². The minimum absolute atomic E-state index is 0.487. The summed E-state index contributed by atoms with van der Waals surface area (Å²) in [4.78, 5) is 2.46. The molecule has 0 saturated heterocycles. The Balaban J connectivity index is 1.84. The van der Waals surface area contributed by atoms with Crippen LogP contribution in [-0.4, -0.2) is 22.9 Å². The average molecular weight is 270 g/mol. The van der Waals surface area contributed by atoms with Gasteiger partial charge < -0.3 is 10.2 Å². The molecule has 4 heteroatoms. The van der Waals surface area contributed by atoms with Gasteiger partial charge in [-0.05, 0) is 24.6 Å². The number of benzene rings is 1. The van der Waals surface area contributed by atoms with Crippen molar-refractivity contribution in [2.45, 2.75) is 25.9 Å². The quantitative estimate of drug-likeness (QED) is 0.926. The minimum Gasteiger partial charge on any atom is -0.367 e. The number of para-hydroxylation sites is 1. The van der Waals surface area contributed by atoms with Gasteiger partial charge in [-0.15, -0.1) is 0 Å². The van der Waals surface area contributed by atoms with Crippen LogP contribution in [0.3, 0.4) is 0 Å². The predicted molar refractivity (Wildman–Crippen MR) is 81.7 cm³/mol. The normalized spacial score (nSPS) is 18.1. The first kappa shape index (κ1) is 13.2. The van der Waals surface area contributed by atoms with Gasteiger partial charge in [0.2, 0.25) is 0 Å². The second-order valence-corrected chi connectivity index (χ2v) is 5.40. The van der Waals surface area contributed by atoms with Gasteiger partial charge >= 0.3 is 0 Å². The summed E-state index contributed by atoms with van der Waals surface area (Å²) in [5.41, 5.74) is 4.04. The summed E-state index contributed by atoms with van der Waals surface area (Å²) in [6.45, 7) is 5.21. The SMILES string of the molecule is CCNC1CCN(Cc2cnn(C)c2)c2ccccc21. The van der Waals surface area contributed by atoms with Crippen LogP contribution in [0.1, 0.15) is 30.5 Å². The van der Waals surface area contributed by atoms with Crippen molar-refractivity contribution < 1.29 is 0 Å². The van der Waals surface area contributed by atoms with Crippen molar-refractivity contribution in [3.05, 3.63) is 47.8 Å². The highest BCUT2D eigenvalue weighted by Crippen LogP contribution is 2.34. The molecule has 1 aromatic carbocycles. The number of nitrogens with one attached hydrogen (secondary N) is 1. The molecule has 2 aromatic rings. The Labute approximate surface area is 120 Å². The van der Waals surface area contributed by atoms with E-state index in [2.05, 4.69) is 52.7 Å². The summed E-state index contributed by atoms with van der Waals surface area (Å²) in [6.07, 6.45) is 5.21. The van der Waals surface area contributed by atoms with E-state index in [1.165, 1.54) is 16.8 Å². The van der Waals surface area contributed by atoms with Crippen LogP contribution >= 0.6 is 0 Å². The van der Waals surface area contributed by atoms with Gasteiger partial charge in [0.15, 0.2) is 0 Å². The van der Waals surface area contributed by atoms with E-state index in [4.69, 9.17) is 0 Å². The van der Waals surface area contributed by atoms with Gasteiger partial charge in [0.25, 0.3) is 0 Å². The number of hydrogen-bond acceptors (Lipinski definition) is 3. The van der Waals surface area contributed by atoms with E-state index in [1.807, 2.05) is 17.9 Å². The molecule has 20 heavy (non-hydrogen) atoms. The number of nitrogens with zero attached hydrogens (tertiary/aromatic N) is 3. The highest BCUT2D eigenvalue weighted by molar-refractivity contribution is 5.57. The van der Waals surface area contributed by atoms with Gasteiger partial charge in [-0.1, -0.05) is 25.1 Å². The third kappa shape index (κ3) is 2.56. The largest absolute Gasteiger partial charge is 0.367 e. The first-order valence-corrected chi connectivity index (χ1v) is 7.32. The number of aromatic nitrogens is 2. The van der Waals surface area contributed by atoms with Crippen LogP contribution in [0.5, 0.6) is 0 Å². The zero-order chi connectivity index (χ0) is 13.9. The molecule has 1 atom stereocenters. The molecule has 1 N–H and O–H groups in total. The van der Waals surface area contributed by atoms with Crippen molar-refractivity contribution in [1.29, 1.82) is 0 Å². The fourth-order valence-corrected chi connectivity index (χ4v) is 3.03. The predicted octanol–water partition coefficient (Wildman–Crippen LogP) is 2.48. The van der Waals surface area contributed by atoms with Gasteiger partial charge in [-0.25, -0.2) is 0 Å². The topological polar surface area (TPSA) is 33.1 Å². The second-order valence-electron chi connectivity index (χ2n) is 5.40. The van der Waals surface area contributed by atoms with E-state index in [0.717, 1.165) is 26.1 Å². The molecule has 4 nitrogen and oxygen atoms in total. The Morgan fingerprint density at radius 1 is 1.35 bits per heavy atom. The van der Waals surface area contributed by atoms with Crippen molar-refractivity contribution in [2.75, 3.05) is 18.0 Å². The van der Waals surface area contributed by atoms with E-state index in [9.17, 15) is 0 Å². The third-order valence-corrected chi connectivity index (χ3v) is 3.92. The number of anilines is 1. The standard InChI is InChI=1S/C16H22N4/c1-3-17-15-8-9-20(12-13-10-18-19(2)11-13)16-7-5-4-6-14(15)16/h4-7,10-11,15,17H,3,8-9,12H2,1-2H3. The molecule has 0 bridgehead atoms. The van der Waals surface area contributed by atoms with E-state index < -0.39 is 0 Å². The maximum absolute atomic E-state index is 4.26. The number of fused-ring (bicyclic) bond motifs is 1. The Morgan fingerprint density at radius 2 is 2.20 bits per heavy atom. The van der Waals surface area contributed by atoms with Gasteiger partial charge in [-0.3, -0.25) is 4.68 Å². The number of aryl methyl sites for hydroxylation is 1. The van der Waals surface area contributed by atoms with Crippen molar-refractivity contribution in [2.24, 2.45) is 7.05 Å². The van der Waals surface area contributed by atoms with Crippen LogP contribution in [-0.2, 0) is 13.6 Å². The van der Waals surface area contributed by atoms with Crippen molar-refractivity contribution in [1.82, 2.24) is 15.1 Å². The summed E-state index contributed by atoms with van der Waals surface area (Å²) < 4.78 is 1.87. The van der Waals surface area contributed by atoms with Crippen LogP contribution in [0.2, 0.25) is 0 Å². The van der Waals surface area contributed by atoms with Crippen molar-refractivity contribution in [3.63, 3.8) is 0 Å². The molecule has 106 valence electrons. The summed E-state index contributed by atoms with van der Waals surface area (Å²) in [6, 6.07) is 9.23. The van der Waals surface area contributed by atoms with Crippen LogP contribution in [0, 0.1) is 0 Å². The molecule has 3 rings (SSSR count). The van der Waals surface area contributed by atoms with Crippen LogP contribution < -0.4 is 10.2 Å². The highest BCUT2D eigenvalue weighted by Gasteiger charge is 2.24.